The highest BCUT2D eigenvalue weighted by Gasteiger charge is 2.68. The van der Waals surface area contributed by atoms with Gasteiger partial charge in [-0.2, -0.15) is 0 Å². The molecule has 1 amide bonds. The van der Waals surface area contributed by atoms with Crippen LogP contribution in [0.25, 0.3) is 0 Å². The highest BCUT2D eigenvalue weighted by Crippen LogP contribution is 2.53. The second-order valence-corrected chi connectivity index (χ2v) is 9.86. The molecule has 0 aromatic heterocycles. The molecule has 0 unspecified atom stereocenters. The van der Waals surface area contributed by atoms with Gasteiger partial charge >= 0.3 is 0 Å². The van der Waals surface area contributed by atoms with E-state index in [1.165, 1.54) is 0 Å². The van der Waals surface area contributed by atoms with E-state index in [4.69, 9.17) is 4.74 Å². The predicted octanol–water partition coefficient (Wildman–Crippen LogP) is 4.86. The van der Waals surface area contributed by atoms with Gasteiger partial charge in [0.25, 0.3) is 11.9 Å². The molecule has 1 N–H and O–H groups in total. The van der Waals surface area contributed by atoms with Gasteiger partial charge in [0.15, 0.2) is 5.54 Å². The van der Waals surface area contributed by atoms with Crippen LogP contribution in [-0.4, -0.2) is 35.4 Å². The van der Waals surface area contributed by atoms with Crippen molar-refractivity contribution in [2.75, 3.05) is 18.9 Å². The number of nitrogens with one attached hydrogen (secondary N) is 1. The number of nitrogens with zero attached hydrogens (tertiary/aromatic N) is 2. The van der Waals surface area contributed by atoms with Crippen molar-refractivity contribution in [3.8, 4) is 5.75 Å². The second kappa shape index (κ2) is 8.52. The largest absolute Gasteiger partial charge is 0.489 e. The number of ether oxygens (including phenoxy) is 1. The zero-order valence-electron chi connectivity index (χ0n) is 18.8. The van der Waals surface area contributed by atoms with Gasteiger partial charge < -0.3 is 10.1 Å². The molecule has 2 heterocycles. The van der Waals surface area contributed by atoms with E-state index >= 15 is 0 Å². The fourth-order valence-electron chi connectivity index (χ4n) is 5.35. The van der Waals surface area contributed by atoms with Gasteiger partial charge in [-0.05, 0) is 43.8 Å². The summed E-state index contributed by atoms with van der Waals surface area (Å²) in [6, 6.07) is 19.7. The normalized spacial score (nSPS) is 23.7. The van der Waals surface area contributed by atoms with E-state index < -0.39 is 17.5 Å². The summed E-state index contributed by atoms with van der Waals surface area (Å²) >= 11 is 3.51. The van der Waals surface area contributed by atoms with E-state index in [0.717, 1.165) is 15.6 Å². The lowest BCUT2D eigenvalue weighted by Gasteiger charge is -2.30. The van der Waals surface area contributed by atoms with Crippen molar-refractivity contribution in [1.82, 2.24) is 4.90 Å². The number of fused-ring (bicyclic) bond motifs is 2. The van der Waals surface area contributed by atoms with Crippen molar-refractivity contribution in [3.63, 3.8) is 0 Å². The fourth-order valence-corrected chi connectivity index (χ4v) is 5.73. The molecule has 3 aromatic carbocycles. The number of likely N-dealkylation sites (tertiary alicyclic amines) is 1. The Balaban J connectivity index is 1.56. The Bertz CT molecular complexity index is 1280. The molecule has 174 valence electrons. The van der Waals surface area contributed by atoms with Crippen LogP contribution >= 0.6 is 15.9 Å². The van der Waals surface area contributed by atoms with E-state index in [0.29, 0.717) is 35.7 Å². The summed E-state index contributed by atoms with van der Waals surface area (Å²) in [6.07, 6.45) is 0. The number of halogens is 1. The van der Waals surface area contributed by atoms with E-state index in [9.17, 15) is 14.9 Å². The molecule has 2 aliphatic heterocycles. The maximum Gasteiger partial charge on any atom is 0.256 e. The third kappa shape index (κ3) is 3.49. The van der Waals surface area contributed by atoms with Crippen molar-refractivity contribution >= 4 is 27.5 Å². The highest BCUT2D eigenvalue weighted by molar-refractivity contribution is 9.10. The molecule has 0 saturated carbocycles. The van der Waals surface area contributed by atoms with Gasteiger partial charge in [0.2, 0.25) is 0 Å². The SMILES string of the molecule is Cc1ccc(COc2ccc(Br)cc2[C@@H]2CN(C)[C@@]3(C(=O)Nc4ccccc43)[C@H]2[N+](=O)[O-])cc1. The third-order valence-corrected chi connectivity index (χ3v) is 7.42. The minimum absolute atomic E-state index is 0.305. The van der Waals surface area contributed by atoms with Gasteiger partial charge in [-0.25, -0.2) is 0 Å². The Morgan fingerprint density at radius 3 is 2.65 bits per heavy atom. The van der Waals surface area contributed by atoms with Crippen LogP contribution < -0.4 is 10.1 Å². The number of hydrogen-bond donors (Lipinski definition) is 1. The number of nitro groups is 1. The monoisotopic (exact) mass is 521 g/mol. The van der Waals surface area contributed by atoms with Crippen molar-refractivity contribution in [2.24, 2.45) is 0 Å². The summed E-state index contributed by atoms with van der Waals surface area (Å²) in [5.41, 5.74) is 2.76. The third-order valence-electron chi connectivity index (χ3n) is 6.93. The fraction of sp³-hybridized carbons (Fsp3) is 0.269. The molecule has 3 atom stereocenters. The molecule has 1 fully saturated rings. The molecule has 1 spiro atoms. The predicted molar refractivity (Wildman–Crippen MR) is 133 cm³/mol. The van der Waals surface area contributed by atoms with Crippen molar-refractivity contribution in [2.45, 2.75) is 31.0 Å². The van der Waals surface area contributed by atoms with E-state index in [2.05, 4.69) is 21.2 Å². The Kier molecular flexibility index (Phi) is 5.65. The quantitative estimate of drug-likeness (QED) is 0.382. The Labute approximate surface area is 206 Å². The Morgan fingerprint density at radius 2 is 1.91 bits per heavy atom. The molecule has 0 radical (unpaired) electrons. The zero-order valence-corrected chi connectivity index (χ0v) is 20.4. The lowest BCUT2D eigenvalue weighted by molar-refractivity contribution is -0.534. The van der Waals surface area contributed by atoms with Crippen LogP contribution in [0.1, 0.15) is 28.2 Å². The minimum atomic E-state index is -1.39. The van der Waals surface area contributed by atoms with Gasteiger partial charge in [0, 0.05) is 32.8 Å². The summed E-state index contributed by atoms with van der Waals surface area (Å²) in [6.45, 7) is 2.71. The second-order valence-electron chi connectivity index (χ2n) is 8.94. The topological polar surface area (TPSA) is 84.7 Å². The van der Waals surface area contributed by atoms with Gasteiger partial charge in [0.1, 0.15) is 12.4 Å². The summed E-state index contributed by atoms with van der Waals surface area (Å²) < 4.78 is 6.98. The molecule has 2 aliphatic rings. The zero-order chi connectivity index (χ0) is 24.0. The summed E-state index contributed by atoms with van der Waals surface area (Å²) in [4.78, 5) is 27.5. The number of rotatable bonds is 5. The van der Waals surface area contributed by atoms with Crippen LogP contribution in [0.5, 0.6) is 5.75 Å². The van der Waals surface area contributed by atoms with Crippen molar-refractivity contribution in [1.29, 1.82) is 0 Å². The number of carbonyl (C=O) groups is 1. The number of carbonyl (C=O) groups excluding carboxylic acids is 1. The average Bonchev–Trinajstić information content (AvgIpc) is 3.29. The highest BCUT2D eigenvalue weighted by atomic mass is 79.9. The number of hydrogen-bond acceptors (Lipinski definition) is 5. The Morgan fingerprint density at radius 1 is 1.18 bits per heavy atom. The maximum atomic E-state index is 13.3. The number of amides is 1. The van der Waals surface area contributed by atoms with Crippen LogP contribution in [0.2, 0.25) is 0 Å². The van der Waals surface area contributed by atoms with Gasteiger partial charge in [-0.15, -0.1) is 0 Å². The lowest BCUT2D eigenvalue weighted by Crippen LogP contribution is -2.54. The molecule has 0 aliphatic carbocycles. The molecule has 3 aromatic rings. The van der Waals surface area contributed by atoms with Crippen LogP contribution in [-0.2, 0) is 16.9 Å². The summed E-state index contributed by atoms with van der Waals surface area (Å²) in [5.74, 6) is -0.335. The number of aryl methyl sites for hydroxylation is 1. The molecular formula is C26H24BrN3O4. The molecule has 7 nitrogen and oxygen atoms in total. The summed E-state index contributed by atoms with van der Waals surface area (Å²) in [5, 5.41) is 15.5. The van der Waals surface area contributed by atoms with Gasteiger partial charge in [0.05, 0.1) is 5.92 Å². The maximum absolute atomic E-state index is 13.3. The van der Waals surface area contributed by atoms with Crippen LogP contribution in [0.3, 0.4) is 0 Å². The summed E-state index contributed by atoms with van der Waals surface area (Å²) in [7, 11) is 1.78. The van der Waals surface area contributed by atoms with Crippen molar-refractivity contribution < 1.29 is 14.5 Å². The first-order valence-corrected chi connectivity index (χ1v) is 11.8. The first-order chi connectivity index (χ1) is 16.3. The average molecular weight is 522 g/mol. The van der Waals surface area contributed by atoms with E-state index in [-0.39, 0.29) is 10.8 Å². The first-order valence-electron chi connectivity index (χ1n) is 11.1. The van der Waals surface area contributed by atoms with Gasteiger partial charge in [-0.3, -0.25) is 19.8 Å². The van der Waals surface area contributed by atoms with E-state index in [1.54, 1.807) is 19.2 Å². The molecule has 5 rings (SSSR count). The number of likely N-dealkylation sites (N-methyl/N-ethyl adjacent to an activating group) is 1. The van der Waals surface area contributed by atoms with E-state index in [1.807, 2.05) is 66.4 Å². The lowest BCUT2D eigenvalue weighted by atomic mass is 9.79. The molecule has 34 heavy (non-hydrogen) atoms. The molecule has 0 bridgehead atoms. The molecular weight excluding hydrogens is 498 g/mol. The number of para-hydroxylation sites is 1. The standard InChI is InChI=1S/C26H24BrN3O4/c1-16-7-9-17(10-8-16)15-34-23-12-11-18(27)13-19(23)20-14-29(2)26(24(20)30(32)33)21-5-3-4-6-22(21)28-25(26)31/h3-13,20,24H,14-15H2,1-2H3,(H,28,31)/t20-,24-,26+/m0/s1. The van der Waals surface area contributed by atoms with Crippen LogP contribution in [0, 0.1) is 17.0 Å². The minimum Gasteiger partial charge on any atom is -0.489 e. The van der Waals surface area contributed by atoms with Crippen LogP contribution in [0.15, 0.2) is 71.2 Å². The first kappa shape index (κ1) is 22.6. The van der Waals surface area contributed by atoms with Crippen molar-refractivity contribution in [3.05, 3.63) is 104 Å². The smallest absolute Gasteiger partial charge is 0.256 e. The molecule has 1 saturated heterocycles. The Hall–Kier alpha value is -3.23. The number of anilines is 1. The molecule has 8 heteroatoms. The van der Waals surface area contributed by atoms with Gasteiger partial charge in [-0.1, -0.05) is 64.0 Å². The number of benzene rings is 3. The van der Waals surface area contributed by atoms with Crippen LogP contribution in [0.4, 0.5) is 5.69 Å².